The lowest BCUT2D eigenvalue weighted by atomic mass is 10.0. The van der Waals surface area contributed by atoms with Gasteiger partial charge in [-0.1, -0.05) is 0 Å². The van der Waals surface area contributed by atoms with E-state index in [0.717, 1.165) is 34.4 Å². The number of fused-ring (bicyclic) bond motifs is 2. The Bertz CT molecular complexity index is 592. The minimum absolute atomic E-state index is 0.243. The van der Waals surface area contributed by atoms with Crippen LogP contribution in [0.1, 0.15) is 16.8 Å². The molecule has 0 amide bonds. The molecule has 0 radical (unpaired) electrons. The number of aryl methyl sites for hydroxylation is 2. The highest BCUT2D eigenvalue weighted by molar-refractivity contribution is 5.86. The Morgan fingerprint density at radius 3 is 2.94 bits per heavy atom. The van der Waals surface area contributed by atoms with Gasteiger partial charge >= 0.3 is 0 Å². The number of hydrogen-bond acceptors (Lipinski definition) is 2. The lowest BCUT2D eigenvalue weighted by Crippen LogP contribution is -1.94. The van der Waals surface area contributed by atoms with Gasteiger partial charge in [0.15, 0.2) is 0 Å². The number of pyridine rings is 1. The SMILES string of the molecule is Cc1cc(F)c2nc3c(c(C)c2c1)OCC3. The summed E-state index contributed by atoms with van der Waals surface area (Å²) in [5, 5.41) is 0.859. The Morgan fingerprint density at radius 2 is 2.12 bits per heavy atom. The summed E-state index contributed by atoms with van der Waals surface area (Å²) in [6.45, 7) is 4.50. The van der Waals surface area contributed by atoms with Crippen molar-refractivity contribution < 1.29 is 9.13 Å². The average Bonchev–Trinajstić information content (AvgIpc) is 2.68. The molecule has 2 heterocycles. The van der Waals surface area contributed by atoms with Crippen LogP contribution in [-0.4, -0.2) is 11.6 Å². The summed E-state index contributed by atoms with van der Waals surface area (Å²) in [4.78, 5) is 4.36. The van der Waals surface area contributed by atoms with E-state index in [0.29, 0.717) is 12.1 Å². The molecule has 0 unspecified atom stereocenters. The molecule has 0 spiro atoms. The topological polar surface area (TPSA) is 22.1 Å². The van der Waals surface area contributed by atoms with Gasteiger partial charge in [0.05, 0.1) is 12.3 Å². The van der Waals surface area contributed by atoms with Crippen molar-refractivity contribution in [3.63, 3.8) is 0 Å². The fourth-order valence-electron chi connectivity index (χ4n) is 2.27. The van der Waals surface area contributed by atoms with Gasteiger partial charge in [-0.3, -0.25) is 0 Å². The van der Waals surface area contributed by atoms with Gasteiger partial charge in [0.25, 0.3) is 0 Å². The van der Waals surface area contributed by atoms with E-state index < -0.39 is 0 Å². The van der Waals surface area contributed by atoms with Gasteiger partial charge in [0.1, 0.15) is 17.1 Å². The maximum absolute atomic E-state index is 13.8. The van der Waals surface area contributed by atoms with Crippen molar-refractivity contribution >= 4 is 10.9 Å². The first-order chi connectivity index (χ1) is 7.66. The second kappa shape index (κ2) is 3.17. The predicted octanol–water partition coefficient (Wildman–Crippen LogP) is 2.93. The third kappa shape index (κ3) is 1.21. The van der Waals surface area contributed by atoms with E-state index in [4.69, 9.17) is 4.74 Å². The van der Waals surface area contributed by atoms with E-state index in [1.54, 1.807) is 0 Å². The molecule has 0 fully saturated rings. The molecule has 16 heavy (non-hydrogen) atoms. The fraction of sp³-hybridized carbons (Fsp3) is 0.308. The Kier molecular flexibility index (Phi) is 1.90. The number of rotatable bonds is 0. The van der Waals surface area contributed by atoms with Gasteiger partial charge < -0.3 is 4.74 Å². The molecule has 1 aliphatic rings. The van der Waals surface area contributed by atoms with Crippen LogP contribution in [0.25, 0.3) is 10.9 Å². The highest BCUT2D eigenvalue weighted by Crippen LogP contribution is 2.34. The van der Waals surface area contributed by atoms with E-state index in [1.807, 2.05) is 19.9 Å². The van der Waals surface area contributed by atoms with Crippen molar-refractivity contribution in [1.29, 1.82) is 0 Å². The Hall–Kier alpha value is -1.64. The van der Waals surface area contributed by atoms with E-state index >= 15 is 0 Å². The van der Waals surface area contributed by atoms with E-state index in [9.17, 15) is 4.39 Å². The van der Waals surface area contributed by atoms with Crippen molar-refractivity contribution in [3.05, 3.63) is 34.8 Å². The molecule has 2 nitrogen and oxygen atoms in total. The van der Waals surface area contributed by atoms with Crippen LogP contribution < -0.4 is 4.74 Å². The average molecular weight is 217 g/mol. The first-order valence-corrected chi connectivity index (χ1v) is 5.39. The van der Waals surface area contributed by atoms with Crippen molar-refractivity contribution in [2.75, 3.05) is 6.61 Å². The summed E-state index contributed by atoms with van der Waals surface area (Å²) >= 11 is 0. The molecule has 0 bridgehead atoms. The monoisotopic (exact) mass is 217 g/mol. The number of ether oxygens (including phenoxy) is 1. The lowest BCUT2D eigenvalue weighted by molar-refractivity contribution is 0.355. The Balaban J connectivity index is 2.46. The smallest absolute Gasteiger partial charge is 0.149 e. The summed E-state index contributed by atoms with van der Waals surface area (Å²) in [6.07, 6.45) is 0.777. The molecule has 0 atom stereocenters. The van der Waals surface area contributed by atoms with Crippen LogP contribution in [0, 0.1) is 19.7 Å². The van der Waals surface area contributed by atoms with E-state index in [1.165, 1.54) is 6.07 Å². The Morgan fingerprint density at radius 1 is 1.31 bits per heavy atom. The van der Waals surface area contributed by atoms with Crippen LogP contribution in [0.3, 0.4) is 0 Å². The summed E-state index contributed by atoms with van der Waals surface area (Å²) in [7, 11) is 0. The minimum Gasteiger partial charge on any atom is -0.491 e. The quantitative estimate of drug-likeness (QED) is 0.677. The Labute approximate surface area is 93.1 Å². The molecule has 1 aromatic carbocycles. The second-order valence-electron chi connectivity index (χ2n) is 4.25. The van der Waals surface area contributed by atoms with Gasteiger partial charge in [0, 0.05) is 17.4 Å². The molecule has 0 N–H and O–H groups in total. The van der Waals surface area contributed by atoms with Crippen LogP contribution in [0.4, 0.5) is 4.39 Å². The fourth-order valence-corrected chi connectivity index (χ4v) is 2.27. The number of benzene rings is 1. The first kappa shape index (κ1) is 9.58. The molecule has 3 rings (SSSR count). The van der Waals surface area contributed by atoms with E-state index in [-0.39, 0.29) is 5.82 Å². The van der Waals surface area contributed by atoms with Gasteiger partial charge in [-0.05, 0) is 31.5 Å². The van der Waals surface area contributed by atoms with Crippen LogP contribution >= 0.6 is 0 Å². The highest BCUT2D eigenvalue weighted by atomic mass is 19.1. The second-order valence-corrected chi connectivity index (χ2v) is 4.25. The normalized spacial score (nSPS) is 13.9. The molecular weight excluding hydrogens is 205 g/mol. The third-order valence-electron chi connectivity index (χ3n) is 3.05. The lowest BCUT2D eigenvalue weighted by Gasteiger charge is -2.09. The first-order valence-electron chi connectivity index (χ1n) is 5.39. The van der Waals surface area contributed by atoms with Gasteiger partial charge in [-0.25, -0.2) is 9.37 Å². The zero-order valence-corrected chi connectivity index (χ0v) is 9.30. The van der Waals surface area contributed by atoms with Crippen molar-refractivity contribution in [2.45, 2.75) is 20.3 Å². The molecule has 1 aliphatic heterocycles. The molecule has 2 aromatic rings. The standard InChI is InChI=1S/C13H12FNO/c1-7-5-9-8(2)13-11(3-4-16-13)15-12(9)10(14)6-7/h5-6H,3-4H2,1-2H3. The van der Waals surface area contributed by atoms with Crippen LogP contribution in [0.15, 0.2) is 12.1 Å². The van der Waals surface area contributed by atoms with Crippen LogP contribution in [-0.2, 0) is 6.42 Å². The molecule has 0 aliphatic carbocycles. The molecule has 3 heteroatoms. The largest absolute Gasteiger partial charge is 0.491 e. The number of hydrogen-bond donors (Lipinski definition) is 0. The minimum atomic E-state index is -0.243. The van der Waals surface area contributed by atoms with Crippen LogP contribution in [0.5, 0.6) is 5.75 Å². The summed E-state index contributed by atoms with van der Waals surface area (Å²) in [5.41, 5.74) is 3.26. The molecule has 0 saturated heterocycles. The molecule has 1 aromatic heterocycles. The van der Waals surface area contributed by atoms with Crippen molar-refractivity contribution in [1.82, 2.24) is 4.98 Å². The maximum atomic E-state index is 13.8. The zero-order valence-electron chi connectivity index (χ0n) is 9.30. The molecule has 82 valence electrons. The van der Waals surface area contributed by atoms with Gasteiger partial charge in [-0.15, -0.1) is 0 Å². The zero-order chi connectivity index (χ0) is 11.3. The number of aromatic nitrogens is 1. The van der Waals surface area contributed by atoms with E-state index in [2.05, 4.69) is 4.98 Å². The van der Waals surface area contributed by atoms with Crippen molar-refractivity contribution in [3.8, 4) is 5.75 Å². The van der Waals surface area contributed by atoms with Crippen molar-refractivity contribution in [2.24, 2.45) is 0 Å². The maximum Gasteiger partial charge on any atom is 0.149 e. The predicted molar refractivity (Wildman–Crippen MR) is 60.4 cm³/mol. The third-order valence-corrected chi connectivity index (χ3v) is 3.05. The van der Waals surface area contributed by atoms with Gasteiger partial charge in [0.2, 0.25) is 0 Å². The molecular formula is C13H12FNO. The van der Waals surface area contributed by atoms with Crippen LogP contribution in [0.2, 0.25) is 0 Å². The van der Waals surface area contributed by atoms with Gasteiger partial charge in [-0.2, -0.15) is 0 Å². The molecule has 0 saturated carbocycles. The summed E-state index contributed by atoms with van der Waals surface area (Å²) in [6, 6.07) is 3.49. The number of nitrogens with zero attached hydrogens (tertiary/aromatic N) is 1. The number of halogens is 1. The highest BCUT2D eigenvalue weighted by Gasteiger charge is 2.20. The summed E-state index contributed by atoms with van der Waals surface area (Å²) in [5.74, 6) is 0.602. The summed E-state index contributed by atoms with van der Waals surface area (Å²) < 4.78 is 19.3.